The number of hydrogen-bond acceptors (Lipinski definition) is 5. The summed E-state index contributed by atoms with van der Waals surface area (Å²) in [7, 11) is 0. The minimum absolute atomic E-state index is 0.345. The van der Waals surface area contributed by atoms with Crippen LogP contribution in [0.1, 0.15) is 12.5 Å². The second kappa shape index (κ2) is 5.29. The molecule has 1 aromatic rings. The first-order valence-electron chi connectivity index (χ1n) is 4.40. The maximum atomic E-state index is 11.2. The molecule has 0 fully saturated rings. The topological polar surface area (TPSA) is 78.1 Å². The Bertz CT molecular complexity index is 289. The lowest BCUT2D eigenvalue weighted by molar-refractivity contribution is -0.144. The van der Waals surface area contributed by atoms with Crippen molar-refractivity contribution in [3.8, 4) is 0 Å². The molecular formula is C9H13N3O2. The molecule has 5 nitrogen and oxygen atoms in total. The van der Waals surface area contributed by atoms with Gasteiger partial charge >= 0.3 is 5.97 Å². The third-order valence-electron chi connectivity index (χ3n) is 1.66. The summed E-state index contributed by atoms with van der Waals surface area (Å²) in [5, 5.41) is 0. The van der Waals surface area contributed by atoms with Crippen molar-refractivity contribution in [2.45, 2.75) is 19.4 Å². The van der Waals surface area contributed by atoms with Crippen molar-refractivity contribution in [1.29, 1.82) is 0 Å². The highest BCUT2D eigenvalue weighted by atomic mass is 16.5. The summed E-state index contributed by atoms with van der Waals surface area (Å²) in [6.45, 7) is 2.09. The Morgan fingerprint density at radius 3 is 2.79 bits per heavy atom. The van der Waals surface area contributed by atoms with E-state index < -0.39 is 12.0 Å². The number of rotatable bonds is 4. The molecule has 0 aliphatic heterocycles. The second-order valence-corrected chi connectivity index (χ2v) is 2.81. The second-order valence-electron chi connectivity index (χ2n) is 2.81. The highest BCUT2D eigenvalue weighted by Crippen LogP contribution is 1.99. The molecule has 0 unspecified atom stereocenters. The summed E-state index contributed by atoms with van der Waals surface area (Å²) in [4.78, 5) is 18.8. The van der Waals surface area contributed by atoms with Crippen LogP contribution in [0.3, 0.4) is 0 Å². The number of carbonyl (C=O) groups is 1. The SMILES string of the molecule is CCOC(=O)[C@H](N)Cc1cncnc1. The van der Waals surface area contributed by atoms with Crippen LogP contribution in [-0.2, 0) is 16.0 Å². The molecule has 2 N–H and O–H groups in total. The van der Waals surface area contributed by atoms with Crippen LogP contribution in [0, 0.1) is 0 Å². The lowest BCUT2D eigenvalue weighted by Crippen LogP contribution is -2.34. The molecule has 0 radical (unpaired) electrons. The normalized spacial score (nSPS) is 12.1. The fraction of sp³-hybridized carbons (Fsp3) is 0.444. The smallest absolute Gasteiger partial charge is 0.323 e. The van der Waals surface area contributed by atoms with Gasteiger partial charge in [-0.15, -0.1) is 0 Å². The fourth-order valence-electron chi connectivity index (χ4n) is 1.02. The Labute approximate surface area is 82.3 Å². The predicted octanol–water partition coefficient (Wildman–Crippen LogP) is -0.0905. The van der Waals surface area contributed by atoms with Crippen LogP contribution < -0.4 is 5.73 Å². The van der Waals surface area contributed by atoms with Gasteiger partial charge in [-0.3, -0.25) is 4.79 Å². The monoisotopic (exact) mass is 195 g/mol. The van der Waals surface area contributed by atoms with Gasteiger partial charge in [-0.2, -0.15) is 0 Å². The minimum atomic E-state index is -0.638. The molecule has 0 saturated carbocycles. The van der Waals surface area contributed by atoms with Crippen LogP contribution in [-0.4, -0.2) is 28.6 Å². The van der Waals surface area contributed by atoms with Gasteiger partial charge in [0.2, 0.25) is 0 Å². The Morgan fingerprint density at radius 2 is 2.21 bits per heavy atom. The number of esters is 1. The first-order valence-corrected chi connectivity index (χ1v) is 4.40. The van der Waals surface area contributed by atoms with Gasteiger partial charge < -0.3 is 10.5 Å². The van der Waals surface area contributed by atoms with E-state index >= 15 is 0 Å². The van der Waals surface area contributed by atoms with Crippen LogP contribution in [0.5, 0.6) is 0 Å². The first-order chi connectivity index (χ1) is 6.74. The van der Waals surface area contributed by atoms with E-state index in [0.717, 1.165) is 5.56 Å². The molecule has 1 aromatic heterocycles. The van der Waals surface area contributed by atoms with Crippen LogP contribution in [0.25, 0.3) is 0 Å². The zero-order chi connectivity index (χ0) is 10.4. The summed E-state index contributed by atoms with van der Waals surface area (Å²) in [6, 6.07) is -0.638. The molecule has 1 rings (SSSR count). The predicted molar refractivity (Wildman–Crippen MR) is 50.3 cm³/mol. The Hall–Kier alpha value is -1.49. The number of nitrogens with two attached hydrogens (primary N) is 1. The van der Waals surface area contributed by atoms with Gasteiger partial charge in [-0.25, -0.2) is 9.97 Å². The van der Waals surface area contributed by atoms with Gasteiger partial charge in [0.1, 0.15) is 12.4 Å². The van der Waals surface area contributed by atoms with Crippen LogP contribution >= 0.6 is 0 Å². The van der Waals surface area contributed by atoms with Gasteiger partial charge in [0.25, 0.3) is 0 Å². The highest BCUT2D eigenvalue weighted by molar-refractivity contribution is 5.75. The summed E-state index contributed by atoms with van der Waals surface area (Å²) >= 11 is 0. The molecule has 0 aromatic carbocycles. The summed E-state index contributed by atoms with van der Waals surface area (Å²) in [5.74, 6) is -0.392. The standard InChI is InChI=1S/C9H13N3O2/c1-2-14-9(13)8(10)3-7-4-11-6-12-5-7/h4-6,8H,2-3,10H2,1H3/t8-/m1/s1. The zero-order valence-corrected chi connectivity index (χ0v) is 8.01. The van der Waals surface area contributed by atoms with Crippen molar-refractivity contribution in [3.05, 3.63) is 24.3 Å². The Balaban J connectivity index is 2.49. The molecule has 14 heavy (non-hydrogen) atoms. The van der Waals surface area contributed by atoms with Crippen molar-refractivity contribution in [2.24, 2.45) is 5.73 Å². The zero-order valence-electron chi connectivity index (χ0n) is 8.01. The molecule has 76 valence electrons. The average molecular weight is 195 g/mol. The van der Waals surface area contributed by atoms with Gasteiger partial charge in [0.05, 0.1) is 6.61 Å². The van der Waals surface area contributed by atoms with Crippen molar-refractivity contribution in [2.75, 3.05) is 6.61 Å². The van der Waals surface area contributed by atoms with E-state index in [1.165, 1.54) is 6.33 Å². The largest absolute Gasteiger partial charge is 0.465 e. The van der Waals surface area contributed by atoms with Crippen molar-refractivity contribution in [1.82, 2.24) is 9.97 Å². The average Bonchev–Trinajstić information content (AvgIpc) is 2.19. The van der Waals surface area contributed by atoms with Crippen molar-refractivity contribution in [3.63, 3.8) is 0 Å². The third-order valence-corrected chi connectivity index (χ3v) is 1.66. The molecule has 5 heteroatoms. The molecule has 0 aliphatic carbocycles. The van der Waals surface area contributed by atoms with Gasteiger partial charge in [-0.1, -0.05) is 0 Å². The number of hydrogen-bond donors (Lipinski definition) is 1. The summed E-state index contributed by atoms with van der Waals surface area (Å²) in [6.07, 6.45) is 5.09. The Morgan fingerprint density at radius 1 is 1.57 bits per heavy atom. The molecule has 0 bridgehead atoms. The van der Waals surface area contributed by atoms with Gasteiger partial charge in [0, 0.05) is 18.8 Å². The van der Waals surface area contributed by atoms with Crippen LogP contribution in [0.15, 0.2) is 18.7 Å². The van der Waals surface area contributed by atoms with E-state index in [1.54, 1.807) is 19.3 Å². The van der Waals surface area contributed by atoms with Gasteiger partial charge in [0.15, 0.2) is 0 Å². The van der Waals surface area contributed by atoms with E-state index in [0.29, 0.717) is 13.0 Å². The quantitative estimate of drug-likeness (QED) is 0.679. The molecular weight excluding hydrogens is 182 g/mol. The summed E-state index contributed by atoms with van der Waals surface area (Å²) in [5.41, 5.74) is 6.43. The van der Waals surface area contributed by atoms with E-state index in [4.69, 9.17) is 10.5 Å². The van der Waals surface area contributed by atoms with Gasteiger partial charge in [-0.05, 0) is 12.5 Å². The summed E-state index contributed by atoms with van der Waals surface area (Å²) < 4.78 is 4.77. The molecule has 0 aliphatic rings. The Kier molecular flexibility index (Phi) is 4.00. The van der Waals surface area contributed by atoms with Crippen molar-refractivity contribution >= 4 is 5.97 Å². The van der Waals surface area contributed by atoms with E-state index in [9.17, 15) is 4.79 Å². The maximum absolute atomic E-state index is 11.2. The lowest BCUT2D eigenvalue weighted by Gasteiger charge is -2.09. The highest BCUT2D eigenvalue weighted by Gasteiger charge is 2.14. The van der Waals surface area contributed by atoms with Crippen LogP contribution in [0.2, 0.25) is 0 Å². The molecule has 0 saturated heterocycles. The maximum Gasteiger partial charge on any atom is 0.323 e. The number of ether oxygens (including phenoxy) is 1. The first kappa shape index (κ1) is 10.6. The van der Waals surface area contributed by atoms with E-state index in [1.807, 2.05) is 0 Å². The number of aromatic nitrogens is 2. The molecule has 0 spiro atoms. The van der Waals surface area contributed by atoms with Crippen molar-refractivity contribution < 1.29 is 9.53 Å². The molecule has 0 amide bonds. The fourth-order valence-corrected chi connectivity index (χ4v) is 1.02. The molecule has 1 atom stereocenters. The molecule has 1 heterocycles. The minimum Gasteiger partial charge on any atom is -0.465 e. The lowest BCUT2D eigenvalue weighted by atomic mass is 10.1. The third kappa shape index (κ3) is 3.10. The van der Waals surface area contributed by atoms with E-state index in [2.05, 4.69) is 9.97 Å². The number of carbonyl (C=O) groups excluding carboxylic acids is 1. The van der Waals surface area contributed by atoms with E-state index in [-0.39, 0.29) is 0 Å². The number of nitrogens with zero attached hydrogens (tertiary/aromatic N) is 2. The van der Waals surface area contributed by atoms with Crippen LogP contribution in [0.4, 0.5) is 0 Å².